The van der Waals surface area contributed by atoms with Gasteiger partial charge in [-0.25, -0.2) is 0 Å². The van der Waals surface area contributed by atoms with Crippen LogP contribution in [0, 0.1) is 0 Å². The number of benzene rings is 1. The summed E-state index contributed by atoms with van der Waals surface area (Å²) in [5.74, 6) is -0.769. The number of aromatic nitrogens is 2. The molecule has 1 unspecified atom stereocenters. The van der Waals surface area contributed by atoms with E-state index in [9.17, 15) is 14.7 Å². The number of imide groups is 1. The summed E-state index contributed by atoms with van der Waals surface area (Å²) >= 11 is 0. The number of amides is 2. The van der Waals surface area contributed by atoms with Gasteiger partial charge in [-0.3, -0.25) is 19.6 Å². The molecule has 1 aromatic heterocycles. The first-order valence-electron chi connectivity index (χ1n) is 8.73. The van der Waals surface area contributed by atoms with Crippen LogP contribution in [0.15, 0.2) is 18.2 Å². The van der Waals surface area contributed by atoms with Crippen LogP contribution in [-0.4, -0.2) is 45.9 Å². The SMILES string of the molecule is Cn1nc(C2CCC(=O)NC2=O)c2ccc([C@@H]3CCNC[C@@H]3O)cc21. The monoisotopic (exact) mass is 342 g/mol. The van der Waals surface area contributed by atoms with Crippen molar-refractivity contribution in [1.29, 1.82) is 0 Å². The fourth-order valence-corrected chi connectivity index (χ4v) is 3.98. The number of aliphatic hydroxyl groups is 1. The molecule has 3 heterocycles. The standard InChI is InChI=1S/C18H22N4O3/c1-22-14-8-10(11-6-7-19-9-15(11)23)2-3-12(14)17(21-22)13-4-5-16(24)20-18(13)25/h2-3,8,11,13,15,19,23H,4-7,9H2,1H3,(H,20,24,25)/t11-,13?,15-/m0/s1. The zero-order valence-corrected chi connectivity index (χ0v) is 14.2. The van der Waals surface area contributed by atoms with Gasteiger partial charge in [0, 0.05) is 31.3 Å². The van der Waals surface area contributed by atoms with E-state index in [0.717, 1.165) is 35.1 Å². The Balaban J connectivity index is 1.71. The number of hydrogen-bond acceptors (Lipinski definition) is 5. The van der Waals surface area contributed by atoms with Crippen molar-refractivity contribution in [3.8, 4) is 0 Å². The van der Waals surface area contributed by atoms with Crippen molar-refractivity contribution in [3.63, 3.8) is 0 Å². The molecule has 2 aromatic rings. The number of β-amino-alcohol motifs (C(OH)–C–C–N with tert-alkyl or cyclic N) is 1. The topological polar surface area (TPSA) is 96.2 Å². The molecule has 0 aliphatic carbocycles. The largest absolute Gasteiger partial charge is 0.391 e. The molecule has 0 bridgehead atoms. The minimum absolute atomic E-state index is 0.111. The van der Waals surface area contributed by atoms with E-state index in [1.807, 2.05) is 19.2 Å². The highest BCUT2D eigenvalue weighted by Gasteiger charge is 2.32. The number of aryl methyl sites for hydroxylation is 1. The fourth-order valence-electron chi connectivity index (χ4n) is 3.98. The summed E-state index contributed by atoms with van der Waals surface area (Å²) in [6, 6.07) is 6.08. The molecule has 2 amide bonds. The summed E-state index contributed by atoms with van der Waals surface area (Å²) in [5, 5.41) is 21.4. The molecule has 2 fully saturated rings. The number of piperidine rings is 2. The molecule has 2 aliphatic rings. The second-order valence-electron chi connectivity index (χ2n) is 6.96. The highest BCUT2D eigenvalue weighted by Crippen LogP contribution is 2.33. The number of fused-ring (bicyclic) bond motifs is 1. The number of rotatable bonds is 2. The lowest BCUT2D eigenvalue weighted by atomic mass is 9.86. The normalized spacial score (nSPS) is 27.5. The van der Waals surface area contributed by atoms with Gasteiger partial charge in [-0.15, -0.1) is 0 Å². The second-order valence-corrected chi connectivity index (χ2v) is 6.96. The van der Waals surface area contributed by atoms with Gasteiger partial charge in [-0.05, 0) is 31.0 Å². The van der Waals surface area contributed by atoms with Gasteiger partial charge < -0.3 is 10.4 Å². The Morgan fingerprint density at radius 2 is 2.12 bits per heavy atom. The smallest absolute Gasteiger partial charge is 0.235 e. The van der Waals surface area contributed by atoms with E-state index in [1.165, 1.54) is 0 Å². The van der Waals surface area contributed by atoms with Crippen molar-refractivity contribution in [2.45, 2.75) is 37.2 Å². The molecule has 2 aliphatic heterocycles. The van der Waals surface area contributed by atoms with E-state index >= 15 is 0 Å². The first-order valence-corrected chi connectivity index (χ1v) is 8.73. The number of aliphatic hydroxyl groups excluding tert-OH is 1. The van der Waals surface area contributed by atoms with Crippen molar-refractivity contribution in [1.82, 2.24) is 20.4 Å². The predicted molar refractivity (Wildman–Crippen MR) is 92.1 cm³/mol. The van der Waals surface area contributed by atoms with Crippen molar-refractivity contribution in [2.75, 3.05) is 13.1 Å². The van der Waals surface area contributed by atoms with Gasteiger partial charge in [0.25, 0.3) is 0 Å². The number of nitrogens with zero attached hydrogens (tertiary/aromatic N) is 2. The van der Waals surface area contributed by atoms with Crippen LogP contribution < -0.4 is 10.6 Å². The molecule has 7 nitrogen and oxygen atoms in total. The third-order valence-corrected chi connectivity index (χ3v) is 5.35. The Labute approximate surface area is 145 Å². The third kappa shape index (κ3) is 2.83. The lowest BCUT2D eigenvalue weighted by molar-refractivity contribution is -0.134. The van der Waals surface area contributed by atoms with Gasteiger partial charge in [0.15, 0.2) is 0 Å². The minimum Gasteiger partial charge on any atom is -0.391 e. The molecule has 25 heavy (non-hydrogen) atoms. The summed E-state index contributed by atoms with van der Waals surface area (Å²) < 4.78 is 1.78. The van der Waals surface area contributed by atoms with E-state index < -0.39 is 12.0 Å². The second kappa shape index (κ2) is 6.24. The van der Waals surface area contributed by atoms with E-state index in [1.54, 1.807) is 4.68 Å². The average molecular weight is 342 g/mol. The Hall–Kier alpha value is -2.25. The number of carbonyl (C=O) groups is 2. The molecular formula is C18H22N4O3. The lowest BCUT2D eigenvalue weighted by Crippen LogP contribution is -2.39. The van der Waals surface area contributed by atoms with Crippen LogP contribution in [0.25, 0.3) is 10.9 Å². The molecule has 3 N–H and O–H groups in total. The first-order chi connectivity index (χ1) is 12.0. The molecule has 1 aromatic carbocycles. The van der Waals surface area contributed by atoms with Crippen LogP contribution in [-0.2, 0) is 16.6 Å². The van der Waals surface area contributed by atoms with Crippen LogP contribution in [0.1, 0.15) is 42.4 Å². The maximum absolute atomic E-state index is 12.2. The summed E-state index contributed by atoms with van der Waals surface area (Å²) in [5.41, 5.74) is 2.77. The Morgan fingerprint density at radius 1 is 1.28 bits per heavy atom. The van der Waals surface area contributed by atoms with Gasteiger partial charge in [-0.1, -0.05) is 12.1 Å². The molecule has 132 valence electrons. The van der Waals surface area contributed by atoms with E-state index in [0.29, 0.717) is 19.4 Å². The molecule has 2 saturated heterocycles. The minimum atomic E-state index is -0.394. The number of carbonyl (C=O) groups excluding carboxylic acids is 2. The van der Waals surface area contributed by atoms with Gasteiger partial charge in [0.1, 0.15) is 0 Å². The fraction of sp³-hybridized carbons (Fsp3) is 0.500. The summed E-state index contributed by atoms with van der Waals surface area (Å²) in [7, 11) is 1.86. The maximum atomic E-state index is 12.2. The van der Waals surface area contributed by atoms with E-state index in [2.05, 4.69) is 21.8 Å². The van der Waals surface area contributed by atoms with Gasteiger partial charge in [-0.2, -0.15) is 5.10 Å². The van der Waals surface area contributed by atoms with Crippen molar-refractivity contribution >= 4 is 22.7 Å². The summed E-state index contributed by atoms with van der Waals surface area (Å²) in [6.45, 7) is 1.50. The molecule has 7 heteroatoms. The molecule has 0 spiro atoms. The molecule has 0 radical (unpaired) electrons. The van der Waals surface area contributed by atoms with Gasteiger partial charge in [0.05, 0.1) is 23.2 Å². The van der Waals surface area contributed by atoms with Crippen LogP contribution in [0.5, 0.6) is 0 Å². The highest BCUT2D eigenvalue weighted by molar-refractivity contribution is 6.02. The quantitative estimate of drug-likeness (QED) is 0.692. The van der Waals surface area contributed by atoms with Crippen LogP contribution >= 0.6 is 0 Å². The van der Waals surface area contributed by atoms with E-state index in [4.69, 9.17) is 0 Å². The molecule has 3 atom stereocenters. The molecular weight excluding hydrogens is 320 g/mol. The van der Waals surface area contributed by atoms with Gasteiger partial charge >= 0.3 is 0 Å². The predicted octanol–water partition coefficient (Wildman–Crippen LogP) is 0.531. The Bertz CT molecular complexity index is 844. The summed E-state index contributed by atoms with van der Waals surface area (Å²) in [6.07, 6.45) is 1.33. The van der Waals surface area contributed by atoms with Crippen LogP contribution in [0.2, 0.25) is 0 Å². The Morgan fingerprint density at radius 3 is 2.88 bits per heavy atom. The van der Waals surface area contributed by atoms with Gasteiger partial charge in [0.2, 0.25) is 11.8 Å². The van der Waals surface area contributed by atoms with Crippen LogP contribution in [0.3, 0.4) is 0 Å². The lowest BCUT2D eigenvalue weighted by Gasteiger charge is -2.28. The van der Waals surface area contributed by atoms with Crippen LogP contribution in [0.4, 0.5) is 0 Å². The van der Waals surface area contributed by atoms with Crippen molar-refractivity contribution < 1.29 is 14.7 Å². The van der Waals surface area contributed by atoms with Crippen molar-refractivity contribution in [2.24, 2.45) is 7.05 Å². The maximum Gasteiger partial charge on any atom is 0.235 e. The number of nitrogens with one attached hydrogen (secondary N) is 2. The average Bonchev–Trinajstić information content (AvgIpc) is 2.91. The first kappa shape index (κ1) is 16.2. The molecule has 4 rings (SSSR count). The Kier molecular flexibility index (Phi) is 4.05. The highest BCUT2D eigenvalue weighted by atomic mass is 16.3. The summed E-state index contributed by atoms with van der Waals surface area (Å²) in [4.78, 5) is 23.6. The number of hydrogen-bond donors (Lipinski definition) is 3. The molecule has 0 saturated carbocycles. The van der Waals surface area contributed by atoms with Crippen molar-refractivity contribution in [3.05, 3.63) is 29.5 Å². The zero-order chi connectivity index (χ0) is 17.6. The van der Waals surface area contributed by atoms with E-state index in [-0.39, 0.29) is 17.7 Å². The third-order valence-electron chi connectivity index (χ3n) is 5.35. The zero-order valence-electron chi connectivity index (χ0n) is 14.2.